The number of rotatable bonds is 10. The number of amides is 2. The van der Waals surface area contributed by atoms with Crippen molar-refractivity contribution in [2.75, 3.05) is 26.2 Å². The second-order valence-corrected chi connectivity index (χ2v) is 14.2. The van der Waals surface area contributed by atoms with Crippen molar-refractivity contribution in [1.29, 1.82) is 0 Å². The average Bonchev–Trinajstić information content (AvgIpc) is 3.61. The highest BCUT2D eigenvalue weighted by atomic mass is 32.2. The molecule has 1 aromatic heterocycles. The van der Waals surface area contributed by atoms with E-state index >= 15 is 0 Å². The van der Waals surface area contributed by atoms with Gasteiger partial charge >= 0.3 is 0 Å². The van der Waals surface area contributed by atoms with Gasteiger partial charge in [0.2, 0.25) is 15.9 Å². The van der Waals surface area contributed by atoms with Crippen LogP contribution in [0.15, 0.2) is 59.5 Å². The fraction of sp³-hybridized carbons (Fsp3) is 0.467. The monoisotopic (exact) mass is 598 g/mol. The van der Waals surface area contributed by atoms with E-state index in [2.05, 4.69) is 16.0 Å². The lowest BCUT2D eigenvalue weighted by Gasteiger charge is -2.24. The molecule has 0 spiro atoms. The molecule has 220 valence electrons. The maximum absolute atomic E-state index is 13.3. The molecule has 41 heavy (non-hydrogen) atoms. The Balaban J connectivity index is 1.18. The molecule has 2 saturated heterocycles. The molecular formula is C30H38N4O5S2. The first-order valence-corrected chi connectivity index (χ1v) is 16.5. The second kappa shape index (κ2) is 12.9. The van der Waals surface area contributed by atoms with Crippen molar-refractivity contribution in [1.82, 2.24) is 20.3 Å². The summed E-state index contributed by atoms with van der Waals surface area (Å²) in [6.07, 6.45) is 2.96. The van der Waals surface area contributed by atoms with Crippen LogP contribution in [0.2, 0.25) is 0 Å². The summed E-state index contributed by atoms with van der Waals surface area (Å²) in [7, 11) is -3.72. The zero-order valence-corrected chi connectivity index (χ0v) is 25.1. The predicted octanol–water partition coefficient (Wildman–Crippen LogP) is 3.76. The molecule has 2 aliphatic heterocycles. The van der Waals surface area contributed by atoms with Gasteiger partial charge in [-0.05, 0) is 86.5 Å². The molecule has 2 fully saturated rings. The minimum atomic E-state index is -3.72. The Morgan fingerprint density at radius 1 is 1.07 bits per heavy atom. The SMILES string of the molecule is CC(C)C[C@H](NC(=O)c1cc2ccccc2s1)C(=O)N[C@H]1CCN(S(=O)(=O)c2ccc(OC3CCNCC3)cc2)C1. The third kappa shape index (κ3) is 7.27. The van der Waals surface area contributed by atoms with Gasteiger partial charge in [0.1, 0.15) is 17.9 Å². The quantitative estimate of drug-likeness (QED) is 0.327. The molecule has 0 bridgehead atoms. The third-order valence-corrected chi connectivity index (χ3v) is 10.5. The van der Waals surface area contributed by atoms with Gasteiger partial charge in [0.05, 0.1) is 9.77 Å². The Labute approximate surface area is 245 Å². The lowest BCUT2D eigenvalue weighted by molar-refractivity contribution is -0.124. The van der Waals surface area contributed by atoms with E-state index in [1.54, 1.807) is 24.3 Å². The van der Waals surface area contributed by atoms with Gasteiger partial charge in [-0.25, -0.2) is 8.42 Å². The molecule has 0 radical (unpaired) electrons. The van der Waals surface area contributed by atoms with Gasteiger partial charge in [-0.3, -0.25) is 9.59 Å². The van der Waals surface area contributed by atoms with Gasteiger partial charge in [0.15, 0.2) is 0 Å². The van der Waals surface area contributed by atoms with E-state index in [-0.39, 0.29) is 41.3 Å². The van der Waals surface area contributed by atoms with E-state index in [1.165, 1.54) is 15.6 Å². The number of carbonyl (C=O) groups is 2. The van der Waals surface area contributed by atoms with Crippen molar-refractivity contribution in [2.24, 2.45) is 5.92 Å². The smallest absolute Gasteiger partial charge is 0.262 e. The van der Waals surface area contributed by atoms with Crippen LogP contribution in [0.25, 0.3) is 10.1 Å². The summed E-state index contributed by atoms with van der Waals surface area (Å²) in [6, 6.07) is 15.1. The molecule has 9 nitrogen and oxygen atoms in total. The zero-order chi connectivity index (χ0) is 29.0. The summed E-state index contributed by atoms with van der Waals surface area (Å²) < 4.78 is 35.1. The summed E-state index contributed by atoms with van der Waals surface area (Å²) in [4.78, 5) is 27.1. The van der Waals surface area contributed by atoms with Crippen LogP contribution >= 0.6 is 11.3 Å². The number of carbonyl (C=O) groups excluding carboxylic acids is 2. The molecule has 2 atom stereocenters. The number of hydrogen-bond acceptors (Lipinski definition) is 7. The molecule has 0 unspecified atom stereocenters. The Hall–Kier alpha value is -2.99. The highest BCUT2D eigenvalue weighted by Gasteiger charge is 2.35. The topological polar surface area (TPSA) is 117 Å². The van der Waals surface area contributed by atoms with E-state index in [9.17, 15) is 18.0 Å². The van der Waals surface area contributed by atoms with Gasteiger partial charge in [0, 0.05) is 23.8 Å². The zero-order valence-electron chi connectivity index (χ0n) is 23.5. The number of thiophene rings is 1. The molecule has 2 aliphatic rings. The molecule has 2 aromatic carbocycles. The van der Waals surface area contributed by atoms with E-state index in [0.717, 1.165) is 36.0 Å². The highest BCUT2D eigenvalue weighted by Crippen LogP contribution is 2.26. The van der Waals surface area contributed by atoms with Gasteiger partial charge in [-0.1, -0.05) is 32.0 Å². The molecular weight excluding hydrogens is 560 g/mol. The van der Waals surface area contributed by atoms with Crippen LogP contribution in [-0.4, -0.2) is 68.9 Å². The van der Waals surface area contributed by atoms with Crippen LogP contribution in [0.4, 0.5) is 0 Å². The average molecular weight is 599 g/mol. The van der Waals surface area contributed by atoms with Crippen LogP contribution in [0.5, 0.6) is 5.75 Å². The standard InChI is InChI=1S/C30H38N4O5S2/c1-20(2)17-26(33-30(36)28-18-21-5-3-4-6-27(21)40-28)29(35)32-22-13-16-34(19-22)41(37,38)25-9-7-23(8-10-25)39-24-11-14-31-15-12-24/h3-10,18,20,22,24,26,31H,11-17,19H2,1-2H3,(H,32,35)(H,33,36)/t22-,26-/m0/s1. The summed E-state index contributed by atoms with van der Waals surface area (Å²) in [5, 5.41) is 10.2. The van der Waals surface area contributed by atoms with Crippen LogP contribution in [0.3, 0.4) is 0 Å². The number of piperidine rings is 1. The van der Waals surface area contributed by atoms with Crippen molar-refractivity contribution in [3.8, 4) is 5.75 Å². The normalized spacial score (nSPS) is 19.3. The minimum absolute atomic E-state index is 0.135. The number of sulfonamides is 1. The second-order valence-electron chi connectivity index (χ2n) is 11.2. The highest BCUT2D eigenvalue weighted by molar-refractivity contribution is 7.89. The fourth-order valence-corrected chi connectivity index (χ4v) is 7.80. The van der Waals surface area contributed by atoms with E-state index in [1.807, 2.05) is 44.2 Å². The molecule has 5 rings (SSSR count). The first kappa shape index (κ1) is 29.5. The predicted molar refractivity (Wildman–Crippen MR) is 161 cm³/mol. The third-order valence-electron chi connectivity index (χ3n) is 7.53. The number of benzene rings is 2. The summed E-state index contributed by atoms with van der Waals surface area (Å²) >= 11 is 1.39. The van der Waals surface area contributed by atoms with Crippen molar-refractivity contribution in [2.45, 2.75) is 62.6 Å². The fourth-order valence-electron chi connectivity index (χ4n) is 5.34. The largest absolute Gasteiger partial charge is 0.490 e. The Kier molecular flexibility index (Phi) is 9.28. The number of nitrogens with zero attached hydrogens (tertiary/aromatic N) is 1. The molecule has 3 aromatic rings. The van der Waals surface area contributed by atoms with Crippen molar-refractivity contribution >= 4 is 43.3 Å². The lowest BCUT2D eigenvalue weighted by Crippen LogP contribution is -2.50. The Morgan fingerprint density at radius 2 is 1.80 bits per heavy atom. The number of hydrogen-bond donors (Lipinski definition) is 3. The van der Waals surface area contributed by atoms with E-state index in [0.29, 0.717) is 30.0 Å². The van der Waals surface area contributed by atoms with Gasteiger partial charge in [-0.2, -0.15) is 4.31 Å². The molecule has 3 heterocycles. The maximum Gasteiger partial charge on any atom is 0.262 e. The van der Waals surface area contributed by atoms with Gasteiger partial charge < -0.3 is 20.7 Å². The van der Waals surface area contributed by atoms with Crippen LogP contribution < -0.4 is 20.7 Å². The Bertz CT molecular complexity index is 1430. The minimum Gasteiger partial charge on any atom is -0.490 e. The molecule has 11 heteroatoms. The maximum atomic E-state index is 13.3. The van der Waals surface area contributed by atoms with Crippen LogP contribution in [0.1, 0.15) is 49.2 Å². The number of nitrogens with one attached hydrogen (secondary N) is 3. The molecule has 0 aliphatic carbocycles. The Morgan fingerprint density at radius 3 is 2.51 bits per heavy atom. The van der Waals surface area contributed by atoms with Crippen LogP contribution in [0, 0.1) is 5.92 Å². The van der Waals surface area contributed by atoms with Gasteiger partial charge in [-0.15, -0.1) is 11.3 Å². The van der Waals surface area contributed by atoms with E-state index < -0.39 is 16.1 Å². The summed E-state index contributed by atoms with van der Waals surface area (Å²) in [6.45, 7) is 6.32. The first-order valence-electron chi connectivity index (χ1n) is 14.3. The van der Waals surface area contributed by atoms with Crippen LogP contribution in [-0.2, 0) is 14.8 Å². The lowest BCUT2D eigenvalue weighted by atomic mass is 10.0. The van der Waals surface area contributed by atoms with E-state index in [4.69, 9.17) is 4.74 Å². The molecule has 0 saturated carbocycles. The van der Waals surface area contributed by atoms with Crippen molar-refractivity contribution < 1.29 is 22.7 Å². The van der Waals surface area contributed by atoms with Gasteiger partial charge in [0.25, 0.3) is 5.91 Å². The first-order chi connectivity index (χ1) is 19.7. The summed E-state index contributed by atoms with van der Waals surface area (Å²) in [5.74, 6) is 0.263. The van der Waals surface area contributed by atoms with Crippen molar-refractivity contribution in [3.63, 3.8) is 0 Å². The summed E-state index contributed by atoms with van der Waals surface area (Å²) in [5.41, 5.74) is 0. The number of ether oxygens (including phenoxy) is 1. The molecule has 3 N–H and O–H groups in total. The number of fused-ring (bicyclic) bond motifs is 1. The molecule has 2 amide bonds. The van der Waals surface area contributed by atoms with Crippen molar-refractivity contribution in [3.05, 3.63) is 59.5 Å².